The lowest BCUT2D eigenvalue weighted by Crippen LogP contribution is -2.54. The molecule has 0 fully saturated rings. The van der Waals surface area contributed by atoms with Crippen molar-refractivity contribution < 1.29 is 9.59 Å². The van der Waals surface area contributed by atoms with Crippen molar-refractivity contribution in [2.75, 3.05) is 16.8 Å². The first-order valence-electron chi connectivity index (χ1n) is 8.93. The van der Waals surface area contributed by atoms with Gasteiger partial charge in [-0.15, -0.1) is 0 Å². The van der Waals surface area contributed by atoms with Crippen LogP contribution in [0.3, 0.4) is 0 Å². The number of para-hydroxylation sites is 1. The monoisotopic (exact) mass is 376 g/mol. The quantitative estimate of drug-likeness (QED) is 0.674. The fraction of sp³-hybridized carbons (Fsp3) is 0.182. The maximum absolute atomic E-state index is 13.1. The summed E-state index contributed by atoms with van der Waals surface area (Å²) in [5.41, 5.74) is 1.56. The van der Waals surface area contributed by atoms with Gasteiger partial charge < -0.3 is 10.2 Å². The van der Waals surface area contributed by atoms with Gasteiger partial charge in [0.25, 0.3) is 5.91 Å². The number of carbonyl (C=O) groups is 2. The number of fused-ring (bicyclic) bond motifs is 2. The average molecular weight is 376 g/mol. The van der Waals surface area contributed by atoms with E-state index < -0.39 is 4.75 Å². The zero-order valence-corrected chi connectivity index (χ0v) is 16.0. The minimum absolute atomic E-state index is 0.188. The number of hydrogen-bond donors (Lipinski definition) is 1. The summed E-state index contributed by atoms with van der Waals surface area (Å²) >= 11 is 1.31. The number of rotatable bonds is 3. The third kappa shape index (κ3) is 2.98. The maximum Gasteiger partial charge on any atom is 0.252 e. The molecule has 27 heavy (non-hydrogen) atoms. The van der Waals surface area contributed by atoms with E-state index in [1.54, 1.807) is 11.8 Å². The number of benzene rings is 3. The Kier molecular flexibility index (Phi) is 4.40. The molecule has 1 N–H and O–H groups in total. The van der Waals surface area contributed by atoms with E-state index in [9.17, 15) is 9.59 Å². The van der Waals surface area contributed by atoms with Crippen molar-refractivity contribution in [1.29, 1.82) is 0 Å². The zero-order valence-electron chi connectivity index (χ0n) is 15.2. The first kappa shape index (κ1) is 17.6. The van der Waals surface area contributed by atoms with Gasteiger partial charge in [-0.25, -0.2) is 0 Å². The van der Waals surface area contributed by atoms with Crippen molar-refractivity contribution in [2.24, 2.45) is 0 Å². The first-order chi connectivity index (χ1) is 13.0. The van der Waals surface area contributed by atoms with Crippen molar-refractivity contribution in [1.82, 2.24) is 0 Å². The molecular formula is C22H20N2O2S. The molecule has 0 spiro atoms. The Morgan fingerprint density at radius 2 is 1.74 bits per heavy atom. The third-order valence-corrected chi connectivity index (χ3v) is 6.21. The second kappa shape index (κ2) is 6.74. The van der Waals surface area contributed by atoms with Crippen LogP contribution in [0.25, 0.3) is 10.8 Å². The summed E-state index contributed by atoms with van der Waals surface area (Å²) in [6, 6.07) is 21.5. The molecule has 4 nitrogen and oxygen atoms in total. The molecule has 0 aliphatic carbocycles. The number of nitrogens with zero attached hydrogens (tertiary/aromatic N) is 1. The van der Waals surface area contributed by atoms with Crippen LogP contribution in [0, 0.1) is 0 Å². The van der Waals surface area contributed by atoms with Crippen LogP contribution in [0.1, 0.15) is 13.8 Å². The van der Waals surface area contributed by atoms with Gasteiger partial charge in [0.1, 0.15) is 0 Å². The van der Waals surface area contributed by atoms with E-state index in [0.29, 0.717) is 12.2 Å². The topological polar surface area (TPSA) is 49.4 Å². The van der Waals surface area contributed by atoms with E-state index in [-0.39, 0.29) is 11.8 Å². The summed E-state index contributed by atoms with van der Waals surface area (Å²) in [5, 5.41) is 5.10. The van der Waals surface area contributed by atoms with Crippen LogP contribution in [0.4, 0.5) is 11.4 Å². The van der Waals surface area contributed by atoms with E-state index in [0.717, 1.165) is 21.4 Å². The Labute approximate surface area is 162 Å². The molecule has 1 aliphatic rings. The number of hydrogen-bond acceptors (Lipinski definition) is 3. The molecule has 0 radical (unpaired) electrons. The van der Waals surface area contributed by atoms with Gasteiger partial charge in [0.2, 0.25) is 5.91 Å². The van der Waals surface area contributed by atoms with Crippen molar-refractivity contribution in [3.8, 4) is 0 Å². The highest BCUT2D eigenvalue weighted by Gasteiger charge is 2.48. The van der Waals surface area contributed by atoms with Crippen LogP contribution in [-0.4, -0.2) is 23.1 Å². The Bertz CT molecular complexity index is 1050. The number of nitrogens with one attached hydrogen (secondary N) is 1. The van der Waals surface area contributed by atoms with Gasteiger partial charge in [0, 0.05) is 17.1 Å². The maximum atomic E-state index is 13.1. The molecule has 0 bridgehead atoms. The van der Waals surface area contributed by atoms with E-state index >= 15 is 0 Å². The predicted octanol–water partition coefficient (Wildman–Crippen LogP) is 4.70. The highest BCUT2D eigenvalue weighted by Crippen LogP contribution is 2.45. The second-order valence-electron chi connectivity index (χ2n) is 6.67. The first-order valence-corrected chi connectivity index (χ1v) is 9.75. The highest BCUT2D eigenvalue weighted by atomic mass is 32.2. The minimum atomic E-state index is -1.21. The number of anilines is 2. The van der Waals surface area contributed by atoms with Gasteiger partial charge in [-0.3, -0.25) is 9.59 Å². The van der Waals surface area contributed by atoms with Gasteiger partial charge in [0.05, 0.1) is 5.69 Å². The van der Waals surface area contributed by atoms with E-state index in [2.05, 4.69) is 5.32 Å². The van der Waals surface area contributed by atoms with Gasteiger partial charge in [-0.1, -0.05) is 54.2 Å². The van der Waals surface area contributed by atoms with Crippen LogP contribution in [0.5, 0.6) is 0 Å². The van der Waals surface area contributed by atoms with E-state index in [4.69, 9.17) is 0 Å². The van der Waals surface area contributed by atoms with Gasteiger partial charge in [-0.2, -0.15) is 0 Å². The van der Waals surface area contributed by atoms with Crippen LogP contribution >= 0.6 is 11.8 Å². The third-order valence-electron chi connectivity index (χ3n) is 4.88. The Morgan fingerprint density at radius 3 is 2.52 bits per heavy atom. The van der Waals surface area contributed by atoms with E-state index in [1.807, 2.05) is 73.7 Å². The van der Waals surface area contributed by atoms with Crippen molar-refractivity contribution in [3.63, 3.8) is 0 Å². The summed E-state index contributed by atoms with van der Waals surface area (Å²) in [6.45, 7) is 4.15. The lowest BCUT2D eigenvalue weighted by Gasteiger charge is -2.38. The minimum Gasteiger partial charge on any atom is -0.324 e. The Morgan fingerprint density at radius 1 is 1.04 bits per heavy atom. The average Bonchev–Trinajstić information content (AvgIpc) is 2.69. The largest absolute Gasteiger partial charge is 0.324 e. The van der Waals surface area contributed by atoms with Gasteiger partial charge in [0.15, 0.2) is 4.75 Å². The summed E-state index contributed by atoms with van der Waals surface area (Å²) in [4.78, 5) is 28.9. The van der Waals surface area contributed by atoms with Gasteiger partial charge >= 0.3 is 0 Å². The fourth-order valence-electron chi connectivity index (χ4n) is 3.37. The SMILES string of the molecule is CCN1C(=O)C(C)(C(=O)Nc2ccc3ccccc3c2)Sc2ccccc21. The number of carbonyl (C=O) groups excluding carboxylic acids is 2. The molecule has 1 heterocycles. The normalized spacial score (nSPS) is 19.0. The summed E-state index contributed by atoms with van der Waals surface area (Å²) in [6.07, 6.45) is 0. The molecule has 136 valence electrons. The Hall–Kier alpha value is -2.79. The van der Waals surface area contributed by atoms with Crippen molar-refractivity contribution in [2.45, 2.75) is 23.5 Å². The summed E-state index contributed by atoms with van der Waals surface area (Å²) < 4.78 is -1.21. The van der Waals surface area contributed by atoms with Crippen LogP contribution in [-0.2, 0) is 9.59 Å². The zero-order chi connectivity index (χ0) is 19.0. The second-order valence-corrected chi connectivity index (χ2v) is 8.13. The van der Waals surface area contributed by atoms with Crippen molar-refractivity contribution >= 4 is 45.7 Å². The number of thioether (sulfide) groups is 1. The molecule has 0 saturated carbocycles. The molecule has 4 rings (SSSR count). The standard InChI is InChI=1S/C22H20N2O2S/c1-3-24-18-10-6-7-11-19(18)27-22(2,21(24)26)20(25)23-17-13-12-15-8-4-5-9-16(15)14-17/h4-14H,3H2,1-2H3,(H,23,25). The molecule has 2 amide bonds. The van der Waals surface area contributed by atoms with Gasteiger partial charge in [-0.05, 0) is 48.9 Å². The van der Waals surface area contributed by atoms with Crippen LogP contribution in [0.15, 0.2) is 71.6 Å². The predicted molar refractivity (Wildman–Crippen MR) is 111 cm³/mol. The lowest BCUT2D eigenvalue weighted by molar-refractivity contribution is -0.128. The Balaban J connectivity index is 1.66. The molecule has 1 aliphatic heterocycles. The highest BCUT2D eigenvalue weighted by molar-refractivity contribution is 8.02. The summed E-state index contributed by atoms with van der Waals surface area (Å²) in [7, 11) is 0. The molecular weight excluding hydrogens is 356 g/mol. The van der Waals surface area contributed by atoms with Crippen LogP contribution < -0.4 is 10.2 Å². The van der Waals surface area contributed by atoms with Crippen molar-refractivity contribution in [3.05, 3.63) is 66.7 Å². The molecule has 1 atom stereocenters. The fourth-order valence-corrected chi connectivity index (χ4v) is 4.58. The molecule has 3 aromatic rings. The number of amides is 2. The molecule has 0 saturated heterocycles. The molecule has 5 heteroatoms. The molecule has 3 aromatic carbocycles. The smallest absolute Gasteiger partial charge is 0.252 e. The summed E-state index contributed by atoms with van der Waals surface area (Å²) in [5.74, 6) is -0.493. The van der Waals surface area contributed by atoms with E-state index in [1.165, 1.54) is 11.8 Å². The molecule has 0 aromatic heterocycles. The van der Waals surface area contributed by atoms with Crippen LogP contribution in [0.2, 0.25) is 0 Å². The molecule has 1 unspecified atom stereocenters. The lowest BCUT2D eigenvalue weighted by atomic mass is 10.1.